The molecule has 0 bridgehead atoms. The number of hydrogen-bond donors (Lipinski definition) is 0. The van der Waals surface area contributed by atoms with Gasteiger partial charge >= 0.3 is 0 Å². The number of thioether (sulfide) groups is 1. The van der Waals surface area contributed by atoms with Crippen molar-refractivity contribution in [2.24, 2.45) is 0 Å². The molecule has 0 aromatic carbocycles. The van der Waals surface area contributed by atoms with Crippen molar-refractivity contribution < 1.29 is 4.63 Å². The van der Waals surface area contributed by atoms with E-state index in [0.717, 1.165) is 21.5 Å². The lowest BCUT2D eigenvalue weighted by Gasteiger charge is -1.91. The van der Waals surface area contributed by atoms with Gasteiger partial charge in [-0.3, -0.25) is 0 Å². The van der Waals surface area contributed by atoms with Crippen LogP contribution in [0.4, 0.5) is 0 Å². The number of thiazole rings is 1. The number of rotatable bonds is 3. The molecule has 13 heavy (non-hydrogen) atoms. The molecule has 4 nitrogen and oxygen atoms in total. The van der Waals surface area contributed by atoms with Gasteiger partial charge in [-0.05, 0) is 6.92 Å². The molecule has 0 spiro atoms. The normalized spacial score (nSPS) is 10.5. The van der Waals surface area contributed by atoms with E-state index in [1.54, 1.807) is 29.3 Å². The maximum absolute atomic E-state index is 4.58. The van der Waals surface area contributed by atoms with Crippen molar-refractivity contribution in [3.8, 4) is 0 Å². The SMILES string of the molecule is Cc1nonc1CSc1nccs1. The Morgan fingerprint density at radius 1 is 1.54 bits per heavy atom. The van der Waals surface area contributed by atoms with E-state index in [1.807, 2.05) is 12.3 Å². The van der Waals surface area contributed by atoms with Gasteiger partial charge in [0.1, 0.15) is 15.7 Å². The highest BCUT2D eigenvalue weighted by Crippen LogP contribution is 2.24. The molecule has 0 fully saturated rings. The Kier molecular flexibility index (Phi) is 2.60. The summed E-state index contributed by atoms with van der Waals surface area (Å²) in [6, 6.07) is 0. The summed E-state index contributed by atoms with van der Waals surface area (Å²) >= 11 is 3.27. The fourth-order valence-corrected chi connectivity index (χ4v) is 2.42. The van der Waals surface area contributed by atoms with E-state index in [2.05, 4.69) is 19.9 Å². The molecule has 2 rings (SSSR count). The van der Waals surface area contributed by atoms with Gasteiger partial charge < -0.3 is 0 Å². The summed E-state index contributed by atoms with van der Waals surface area (Å²) in [5.74, 6) is 0.767. The summed E-state index contributed by atoms with van der Waals surface area (Å²) in [6.45, 7) is 1.88. The van der Waals surface area contributed by atoms with Crippen LogP contribution in [0.15, 0.2) is 20.5 Å². The molecule has 2 aromatic heterocycles. The Morgan fingerprint density at radius 2 is 2.46 bits per heavy atom. The lowest BCUT2D eigenvalue weighted by atomic mass is 10.4. The summed E-state index contributed by atoms with van der Waals surface area (Å²) < 4.78 is 5.63. The Labute approximate surface area is 83.3 Å². The molecule has 2 aromatic rings. The fourth-order valence-electron chi connectivity index (χ4n) is 0.792. The standard InChI is InChI=1S/C7H7N3OS2/c1-5-6(10-11-9-5)4-13-7-8-2-3-12-7/h2-3H,4H2,1H3. The molecule has 0 N–H and O–H groups in total. The Hall–Kier alpha value is -0.880. The van der Waals surface area contributed by atoms with Gasteiger partial charge in [0, 0.05) is 17.3 Å². The highest BCUT2D eigenvalue weighted by atomic mass is 32.2. The second kappa shape index (κ2) is 3.89. The molecule has 0 amide bonds. The highest BCUT2D eigenvalue weighted by Gasteiger charge is 2.06. The van der Waals surface area contributed by atoms with E-state index in [9.17, 15) is 0 Å². The topological polar surface area (TPSA) is 51.8 Å². The first-order valence-corrected chi connectivity index (χ1v) is 5.53. The first kappa shape index (κ1) is 8.71. The first-order valence-electron chi connectivity index (χ1n) is 3.66. The maximum atomic E-state index is 4.58. The van der Waals surface area contributed by atoms with Crippen molar-refractivity contribution in [3.05, 3.63) is 23.0 Å². The van der Waals surface area contributed by atoms with Crippen LogP contribution in [0.25, 0.3) is 0 Å². The largest absolute Gasteiger partial charge is 0.244 e. The Bertz CT molecular complexity index is 371. The van der Waals surface area contributed by atoms with Crippen molar-refractivity contribution in [2.75, 3.05) is 0 Å². The summed E-state index contributed by atoms with van der Waals surface area (Å²) in [6.07, 6.45) is 1.79. The zero-order chi connectivity index (χ0) is 9.10. The smallest absolute Gasteiger partial charge is 0.150 e. The monoisotopic (exact) mass is 213 g/mol. The van der Waals surface area contributed by atoms with Crippen LogP contribution in [0.2, 0.25) is 0 Å². The molecule has 0 atom stereocenters. The molecular weight excluding hydrogens is 206 g/mol. The van der Waals surface area contributed by atoms with Gasteiger partial charge in [0.05, 0.1) is 0 Å². The zero-order valence-corrected chi connectivity index (χ0v) is 8.56. The molecule has 0 unspecified atom stereocenters. The number of hydrogen-bond acceptors (Lipinski definition) is 6. The van der Waals surface area contributed by atoms with Crippen LogP contribution < -0.4 is 0 Å². The van der Waals surface area contributed by atoms with E-state index >= 15 is 0 Å². The van der Waals surface area contributed by atoms with Gasteiger partial charge in [0.2, 0.25) is 0 Å². The number of nitrogens with zero attached hydrogens (tertiary/aromatic N) is 3. The second-order valence-corrected chi connectivity index (χ2v) is 4.50. The average molecular weight is 213 g/mol. The lowest BCUT2D eigenvalue weighted by molar-refractivity contribution is 0.302. The highest BCUT2D eigenvalue weighted by molar-refractivity contribution is 8.00. The van der Waals surface area contributed by atoms with Crippen LogP contribution in [-0.4, -0.2) is 15.3 Å². The Balaban J connectivity index is 1.97. The van der Waals surface area contributed by atoms with Crippen molar-refractivity contribution in [3.63, 3.8) is 0 Å². The minimum Gasteiger partial charge on any atom is -0.244 e. The zero-order valence-electron chi connectivity index (χ0n) is 6.93. The van der Waals surface area contributed by atoms with Crippen molar-refractivity contribution >= 4 is 23.1 Å². The third-order valence-corrected chi connectivity index (χ3v) is 3.47. The lowest BCUT2D eigenvalue weighted by Crippen LogP contribution is -1.83. The minimum atomic E-state index is 0.767. The predicted molar refractivity (Wildman–Crippen MR) is 50.7 cm³/mol. The van der Waals surface area contributed by atoms with E-state index in [4.69, 9.17) is 0 Å². The third-order valence-electron chi connectivity index (χ3n) is 1.49. The van der Waals surface area contributed by atoms with Gasteiger partial charge in [-0.25, -0.2) is 9.61 Å². The van der Waals surface area contributed by atoms with Gasteiger partial charge in [0.15, 0.2) is 0 Å². The van der Waals surface area contributed by atoms with Crippen LogP contribution in [0, 0.1) is 6.92 Å². The van der Waals surface area contributed by atoms with Crippen LogP contribution in [0.3, 0.4) is 0 Å². The molecular formula is C7H7N3OS2. The van der Waals surface area contributed by atoms with Gasteiger partial charge in [-0.1, -0.05) is 22.1 Å². The van der Waals surface area contributed by atoms with Crippen LogP contribution in [0.1, 0.15) is 11.4 Å². The van der Waals surface area contributed by atoms with Crippen molar-refractivity contribution in [1.82, 2.24) is 15.3 Å². The van der Waals surface area contributed by atoms with Crippen LogP contribution >= 0.6 is 23.1 Å². The van der Waals surface area contributed by atoms with Gasteiger partial charge in [0.25, 0.3) is 0 Å². The molecule has 0 saturated carbocycles. The molecule has 0 aliphatic rings. The molecule has 0 aliphatic heterocycles. The van der Waals surface area contributed by atoms with Crippen molar-refractivity contribution in [1.29, 1.82) is 0 Å². The average Bonchev–Trinajstić information content (AvgIpc) is 2.72. The quantitative estimate of drug-likeness (QED) is 0.731. The van der Waals surface area contributed by atoms with Gasteiger partial charge in [-0.15, -0.1) is 11.3 Å². The number of aryl methyl sites for hydroxylation is 1. The summed E-state index contributed by atoms with van der Waals surface area (Å²) in [5.41, 5.74) is 1.74. The van der Waals surface area contributed by atoms with Crippen LogP contribution in [-0.2, 0) is 5.75 Å². The Morgan fingerprint density at radius 3 is 3.08 bits per heavy atom. The van der Waals surface area contributed by atoms with E-state index < -0.39 is 0 Å². The summed E-state index contributed by atoms with van der Waals surface area (Å²) in [7, 11) is 0. The molecule has 2 heterocycles. The molecule has 6 heteroatoms. The molecule has 68 valence electrons. The second-order valence-electron chi connectivity index (χ2n) is 2.38. The summed E-state index contributed by atoms with van der Waals surface area (Å²) in [5, 5.41) is 9.44. The van der Waals surface area contributed by atoms with E-state index in [0.29, 0.717) is 0 Å². The van der Waals surface area contributed by atoms with E-state index in [1.165, 1.54) is 0 Å². The third kappa shape index (κ3) is 2.07. The summed E-state index contributed by atoms with van der Waals surface area (Å²) in [4.78, 5) is 4.15. The molecule has 0 saturated heterocycles. The number of aromatic nitrogens is 3. The fraction of sp³-hybridized carbons (Fsp3) is 0.286. The first-order chi connectivity index (χ1) is 6.36. The van der Waals surface area contributed by atoms with Crippen LogP contribution in [0.5, 0.6) is 0 Å². The van der Waals surface area contributed by atoms with Gasteiger partial charge in [-0.2, -0.15) is 0 Å². The molecule has 0 radical (unpaired) electrons. The maximum Gasteiger partial charge on any atom is 0.150 e. The minimum absolute atomic E-state index is 0.767. The van der Waals surface area contributed by atoms with Crippen molar-refractivity contribution in [2.45, 2.75) is 17.0 Å². The van der Waals surface area contributed by atoms with E-state index in [-0.39, 0.29) is 0 Å². The predicted octanol–water partition coefficient (Wildman–Crippen LogP) is 2.13. The molecule has 0 aliphatic carbocycles.